The Labute approximate surface area is 128 Å². The minimum Gasteiger partial charge on any atom is -0.482 e. The number of ether oxygens (including phenoxy) is 2. The molecule has 2 rings (SSSR count). The normalized spacial score (nSPS) is 13.3. The lowest BCUT2D eigenvalue weighted by Crippen LogP contribution is -2.31. The van der Waals surface area contributed by atoms with Crippen molar-refractivity contribution >= 4 is 17.7 Å². The number of rotatable bonds is 8. The van der Waals surface area contributed by atoms with E-state index in [2.05, 4.69) is 5.32 Å². The highest BCUT2D eigenvalue weighted by molar-refractivity contribution is 5.95. The third kappa shape index (κ3) is 5.20. The van der Waals surface area contributed by atoms with E-state index in [4.69, 9.17) is 9.47 Å². The first-order chi connectivity index (χ1) is 10.6. The predicted molar refractivity (Wildman–Crippen MR) is 78.7 cm³/mol. The maximum absolute atomic E-state index is 11.5. The summed E-state index contributed by atoms with van der Waals surface area (Å²) in [6.45, 7) is 1.22. The molecule has 0 heterocycles. The summed E-state index contributed by atoms with van der Waals surface area (Å²) < 4.78 is 10.0. The van der Waals surface area contributed by atoms with Crippen molar-refractivity contribution in [1.82, 2.24) is 5.32 Å². The van der Waals surface area contributed by atoms with Crippen LogP contribution in [0.4, 0.5) is 0 Å². The highest BCUT2D eigenvalue weighted by Crippen LogP contribution is 2.18. The second-order valence-corrected chi connectivity index (χ2v) is 5.09. The van der Waals surface area contributed by atoms with Gasteiger partial charge in [-0.3, -0.25) is 9.59 Å². The molecular formula is C16H19NO5. The van der Waals surface area contributed by atoms with Crippen LogP contribution in [-0.4, -0.2) is 36.9 Å². The SMILES string of the molecule is CCC(=O)c1ccc(OCC(=O)OCC(=O)NC2CC2)cc1. The van der Waals surface area contributed by atoms with Crippen molar-refractivity contribution < 1.29 is 23.9 Å². The van der Waals surface area contributed by atoms with Crippen LogP contribution in [0.2, 0.25) is 0 Å². The second kappa shape index (κ2) is 7.59. The van der Waals surface area contributed by atoms with Crippen molar-refractivity contribution in [2.24, 2.45) is 0 Å². The van der Waals surface area contributed by atoms with Gasteiger partial charge in [0.25, 0.3) is 5.91 Å². The molecule has 0 radical (unpaired) electrons. The first-order valence-corrected chi connectivity index (χ1v) is 7.29. The molecule has 1 amide bonds. The summed E-state index contributed by atoms with van der Waals surface area (Å²) >= 11 is 0. The van der Waals surface area contributed by atoms with Gasteiger partial charge < -0.3 is 14.8 Å². The maximum Gasteiger partial charge on any atom is 0.344 e. The molecule has 0 saturated heterocycles. The average molecular weight is 305 g/mol. The molecule has 0 aromatic heterocycles. The fraction of sp³-hybridized carbons (Fsp3) is 0.438. The van der Waals surface area contributed by atoms with Crippen LogP contribution in [-0.2, 0) is 14.3 Å². The van der Waals surface area contributed by atoms with E-state index in [-0.39, 0.29) is 30.9 Å². The number of ketones is 1. The Morgan fingerprint density at radius 3 is 2.41 bits per heavy atom. The van der Waals surface area contributed by atoms with E-state index in [0.717, 1.165) is 12.8 Å². The minimum atomic E-state index is -0.611. The van der Waals surface area contributed by atoms with Crippen LogP contribution in [0.25, 0.3) is 0 Å². The molecule has 1 aliphatic carbocycles. The van der Waals surface area contributed by atoms with Gasteiger partial charge in [-0.05, 0) is 37.1 Å². The Kier molecular flexibility index (Phi) is 5.52. The number of hydrogen-bond acceptors (Lipinski definition) is 5. The first kappa shape index (κ1) is 16.0. The molecular weight excluding hydrogens is 286 g/mol. The Morgan fingerprint density at radius 1 is 1.14 bits per heavy atom. The molecule has 0 spiro atoms. The van der Waals surface area contributed by atoms with Gasteiger partial charge in [-0.15, -0.1) is 0 Å². The zero-order valence-corrected chi connectivity index (χ0v) is 12.5. The summed E-state index contributed by atoms with van der Waals surface area (Å²) in [6.07, 6.45) is 2.41. The van der Waals surface area contributed by atoms with Crippen LogP contribution in [0.5, 0.6) is 5.75 Å². The summed E-state index contributed by atoms with van der Waals surface area (Å²) in [6, 6.07) is 6.78. The van der Waals surface area contributed by atoms with Crippen molar-refractivity contribution in [1.29, 1.82) is 0 Å². The van der Waals surface area contributed by atoms with E-state index in [1.807, 2.05) is 0 Å². The number of Topliss-reactive ketones (excluding diaryl/α,β-unsaturated/α-hetero) is 1. The van der Waals surface area contributed by atoms with E-state index >= 15 is 0 Å². The van der Waals surface area contributed by atoms with Gasteiger partial charge in [0.15, 0.2) is 19.0 Å². The maximum atomic E-state index is 11.5. The molecule has 1 aliphatic rings. The lowest BCUT2D eigenvalue weighted by atomic mass is 10.1. The number of esters is 1. The molecule has 1 N–H and O–H groups in total. The van der Waals surface area contributed by atoms with Gasteiger partial charge >= 0.3 is 5.97 Å². The molecule has 22 heavy (non-hydrogen) atoms. The lowest BCUT2D eigenvalue weighted by molar-refractivity contribution is -0.150. The zero-order chi connectivity index (χ0) is 15.9. The summed E-state index contributed by atoms with van der Waals surface area (Å²) in [5.74, 6) is -0.391. The van der Waals surface area contributed by atoms with Gasteiger partial charge in [0, 0.05) is 18.0 Å². The average Bonchev–Trinajstić information content (AvgIpc) is 3.34. The highest BCUT2D eigenvalue weighted by atomic mass is 16.6. The summed E-state index contributed by atoms with van der Waals surface area (Å²) in [5.41, 5.74) is 0.606. The number of benzene rings is 1. The fourth-order valence-electron chi connectivity index (χ4n) is 1.77. The highest BCUT2D eigenvalue weighted by Gasteiger charge is 2.23. The largest absolute Gasteiger partial charge is 0.482 e. The molecule has 1 aromatic carbocycles. The number of carbonyl (C=O) groups excluding carboxylic acids is 3. The number of hydrogen-bond donors (Lipinski definition) is 1. The number of amides is 1. The fourth-order valence-corrected chi connectivity index (χ4v) is 1.77. The van der Waals surface area contributed by atoms with Gasteiger partial charge in [0.1, 0.15) is 5.75 Å². The second-order valence-electron chi connectivity index (χ2n) is 5.09. The van der Waals surface area contributed by atoms with Gasteiger partial charge in [-0.25, -0.2) is 4.79 Å². The van der Waals surface area contributed by atoms with Crippen molar-refractivity contribution in [2.75, 3.05) is 13.2 Å². The molecule has 1 saturated carbocycles. The molecule has 0 atom stereocenters. The standard InChI is InChI=1S/C16H19NO5/c1-2-14(18)11-3-7-13(8-4-11)21-10-16(20)22-9-15(19)17-12-5-6-12/h3-4,7-8,12H,2,5-6,9-10H2,1H3,(H,17,19). The van der Waals surface area contributed by atoms with Crippen LogP contribution >= 0.6 is 0 Å². The Balaban J connectivity index is 1.68. The quantitative estimate of drug-likeness (QED) is 0.581. The Bertz CT molecular complexity index is 548. The predicted octanol–water partition coefficient (Wildman–Crippen LogP) is 1.48. The van der Waals surface area contributed by atoms with Crippen molar-refractivity contribution in [3.63, 3.8) is 0 Å². The van der Waals surface area contributed by atoms with Crippen LogP contribution < -0.4 is 10.1 Å². The van der Waals surface area contributed by atoms with E-state index in [1.54, 1.807) is 31.2 Å². The zero-order valence-electron chi connectivity index (χ0n) is 12.5. The Morgan fingerprint density at radius 2 is 1.82 bits per heavy atom. The third-order valence-electron chi connectivity index (χ3n) is 3.16. The Hall–Kier alpha value is -2.37. The summed E-state index contributed by atoms with van der Waals surface area (Å²) in [7, 11) is 0. The topological polar surface area (TPSA) is 81.7 Å². The molecule has 1 aromatic rings. The lowest BCUT2D eigenvalue weighted by Gasteiger charge is -2.07. The van der Waals surface area contributed by atoms with Crippen LogP contribution in [0, 0.1) is 0 Å². The molecule has 0 bridgehead atoms. The molecule has 6 heteroatoms. The van der Waals surface area contributed by atoms with Crippen LogP contribution in [0.15, 0.2) is 24.3 Å². The van der Waals surface area contributed by atoms with E-state index in [0.29, 0.717) is 17.7 Å². The molecule has 118 valence electrons. The molecule has 6 nitrogen and oxygen atoms in total. The van der Waals surface area contributed by atoms with Crippen molar-refractivity contribution in [2.45, 2.75) is 32.2 Å². The van der Waals surface area contributed by atoms with Gasteiger partial charge in [0.2, 0.25) is 0 Å². The summed E-state index contributed by atoms with van der Waals surface area (Å²) in [4.78, 5) is 34.3. The minimum absolute atomic E-state index is 0.0487. The molecule has 0 aliphatic heterocycles. The monoisotopic (exact) mass is 305 g/mol. The smallest absolute Gasteiger partial charge is 0.344 e. The van der Waals surface area contributed by atoms with E-state index in [9.17, 15) is 14.4 Å². The third-order valence-corrected chi connectivity index (χ3v) is 3.16. The van der Waals surface area contributed by atoms with Crippen LogP contribution in [0.3, 0.4) is 0 Å². The van der Waals surface area contributed by atoms with Gasteiger partial charge in [-0.1, -0.05) is 6.92 Å². The first-order valence-electron chi connectivity index (χ1n) is 7.29. The molecule has 0 unspecified atom stereocenters. The van der Waals surface area contributed by atoms with E-state index in [1.165, 1.54) is 0 Å². The van der Waals surface area contributed by atoms with Crippen molar-refractivity contribution in [3.8, 4) is 5.75 Å². The number of carbonyl (C=O) groups is 3. The summed E-state index contributed by atoms with van der Waals surface area (Å²) in [5, 5.41) is 2.72. The number of nitrogens with one attached hydrogen (secondary N) is 1. The van der Waals surface area contributed by atoms with Crippen molar-refractivity contribution in [3.05, 3.63) is 29.8 Å². The van der Waals surface area contributed by atoms with Gasteiger partial charge in [0.05, 0.1) is 0 Å². The van der Waals surface area contributed by atoms with Gasteiger partial charge in [-0.2, -0.15) is 0 Å². The molecule has 1 fully saturated rings. The van der Waals surface area contributed by atoms with Crippen LogP contribution in [0.1, 0.15) is 36.5 Å². The van der Waals surface area contributed by atoms with E-state index < -0.39 is 5.97 Å².